The Morgan fingerprint density at radius 1 is 1.21 bits per heavy atom. The monoisotopic (exact) mass is 254 g/mol. The Balaban J connectivity index is 2.22. The van der Waals surface area contributed by atoms with Crippen molar-refractivity contribution in [2.45, 2.75) is 26.2 Å². The first-order chi connectivity index (χ1) is 9.20. The van der Waals surface area contributed by atoms with E-state index in [2.05, 4.69) is 24.0 Å². The van der Waals surface area contributed by atoms with Crippen molar-refractivity contribution < 1.29 is 4.79 Å². The standard InChI is InChI=1S/C16H18N2O/c1-2-3-4-12-5-7-13(8-6-12)15-11-14(16(17)19)9-10-18-15/h5-11H,2-4H2,1H3,(H2,17,19). The molecule has 98 valence electrons. The number of aromatic nitrogens is 1. The lowest BCUT2D eigenvalue weighted by atomic mass is 10.0. The van der Waals surface area contributed by atoms with Crippen molar-refractivity contribution in [3.8, 4) is 11.3 Å². The number of pyridine rings is 1. The van der Waals surface area contributed by atoms with E-state index in [4.69, 9.17) is 5.73 Å². The molecule has 3 nitrogen and oxygen atoms in total. The lowest BCUT2D eigenvalue weighted by Gasteiger charge is -2.04. The van der Waals surface area contributed by atoms with E-state index in [1.165, 1.54) is 18.4 Å². The van der Waals surface area contributed by atoms with E-state index in [-0.39, 0.29) is 0 Å². The van der Waals surface area contributed by atoms with E-state index in [1.54, 1.807) is 18.3 Å². The summed E-state index contributed by atoms with van der Waals surface area (Å²) in [7, 11) is 0. The molecule has 0 saturated carbocycles. The summed E-state index contributed by atoms with van der Waals surface area (Å²) >= 11 is 0. The third-order valence-corrected chi connectivity index (χ3v) is 3.11. The van der Waals surface area contributed by atoms with Crippen molar-refractivity contribution >= 4 is 5.91 Å². The molecule has 1 heterocycles. The molecule has 0 unspecified atom stereocenters. The average molecular weight is 254 g/mol. The van der Waals surface area contributed by atoms with Gasteiger partial charge in [-0.1, -0.05) is 37.6 Å². The summed E-state index contributed by atoms with van der Waals surface area (Å²) in [6.45, 7) is 2.19. The van der Waals surface area contributed by atoms with Gasteiger partial charge >= 0.3 is 0 Å². The Hall–Kier alpha value is -2.16. The molecule has 2 N–H and O–H groups in total. The van der Waals surface area contributed by atoms with Crippen molar-refractivity contribution in [2.24, 2.45) is 5.73 Å². The highest BCUT2D eigenvalue weighted by molar-refractivity contribution is 5.93. The fourth-order valence-electron chi connectivity index (χ4n) is 1.96. The Bertz CT molecular complexity index is 561. The maximum Gasteiger partial charge on any atom is 0.248 e. The summed E-state index contributed by atoms with van der Waals surface area (Å²) in [5.74, 6) is -0.428. The molecule has 0 spiro atoms. The smallest absolute Gasteiger partial charge is 0.248 e. The Morgan fingerprint density at radius 3 is 2.58 bits per heavy atom. The molecule has 1 aromatic heterocycles. The average Bonchev–Trinajstić information content (AvgIpc) is 2.46. The van der Waals surface area contributed by atoms with Crippen LogP contribution in [0.3, 0.4) is 0 Å². The number of benzene rings is 1. The highest BCUT2D eigenvalue weighted by Crippen LogP contribution is 2.19. The number of carbonyl (C=O) groups excluding carboxylic acids is 1. The van der Waals surface area contributed by atoms with Gasteiger partial charge in [0.15, 0.2) is 0 Å². The number of carbonyl (C=O) groups is 1. The van der Waals surface area contributed by atoms with Gasteiger partial charge in [0.1, 0.15) is 0 Å². The van der Waals surface area contributed by atoms with Crippen molar-refractivity contribution in [2.75, 3.05) is 0 Å². The van der Waals surface area contributed by atoms with Gasteiger partial charge < -0.3 is 5.73 Å². The fourth-order valence-corrected chi connectivity index (χ4v) is 1.96. The summed E-state index contributed by atoms with van der Waals surface area (Å²) in [6.07, 6.45) is 5.12. The van der Waals surface area contributed by atoms with Crippen molar-refractivity contribution in [3.63, 3.8) is 0 Å². The molecule has 0 bridgehead atoms. The van der Waals surface area contributed by atoms with Gasteiger partial charge in [-0.15, -0.1) is 0 Å². The molecule has 0 radical (unpaired) electrons. The third kappa shape index (κ3) is 3.41. The number of nitrogens with two attached hydrogens (primary N) is 1. The number of amides is 1. The minimum atomic E-state index is -0.428. The van der Waals surface area contributed by atoms with Crippen LogP contribution in [0, 0.1) is 0 Å². The summed E-state index contributed by atoms with van der Waals surface area (Å²) in [4.78, 5) is 15.4. The van der Waals surface area contributed by atoms with Gasteiger partial charge in [-0.05, 0) is 30.5 Å². The van der Waals surface area contributed by atoms with Gasteiger partial charge in [0.2, 0.25) is 5.91 Å². The zero-order valence-electron chi connectivity index (χ0n) is 11.1. The highest BCUT2D eigenvalue weighted by atomic mass is 16.1. The van der Waals surface area contributed by atoms with Gasteiger partial charge in [0.25, 0.3) is 0 Å². The van der Waals surface area contributed by atoms with Crippen molar-refractivity contribution in [1.82, 2.24) is 4.98 Å². The van der Waals surface area contributed by atoms with E-state index < -0.39 is 5.91 Å². The minimum absolute atomic E-state index is 0.428. The minimum Gasteiger partial charge on any atom is -0.366 e. The molecule has 0 atom stereocenters. The maximum absolute atomic E-state index is 11.2. The number of primary amides is 1. The molecule has 1 aromatic carbocycles. The predicted molar refractivity (Wildman–Crippen MR) is 76.8 cm³/mol. The fraction of sp³-hybridized carbons (Fsp3) is 0.250. The van der Waals surface area contributed by atoms with Crippen molar-refractivity contribution in [1.29, 1.82) is 0 Å². The van der Waals surface area contributed by atoms with Crippen molar-refractivity contribution in [3.05, 3.63) is 53.7 Å². The Labute approximate surface area is 113 Å². The van der Waals surface area contributed by atoms with Crippen LogP contribution < -0.4 is 5.73 Å². The molecule has 0 aliphatic carbocycles. The predicted octanol–water partition coefficient (Wildman–Crippen LogP) is 3.19. The molecule has 0 aliphatic rings. The number of aryl methyl sites for hydroxylation is 1. The van der Waals surface area contributed by atoms with Crippen LogP contribution in [0.4, 0.5) is 0 Å². The van der Waals surface area contributed by atoms with Gasteiger partial charge in [0, 0.05) is 17.3 Å². The zero-order chi connectivity index (χ0) is 13.7. The van der Waals surface area contributed by atoms with Crippen LogP contribution >= 0.6 is 0 Å². The lowest BCUT2D eigenvalue weighted by Crippen LogP contribution is -2.10. The summed E-state index contributed by atoms with van der Waals surface area (Å²) in [5, 5.41) is 0. The summed E-state index contributed by atoms with van der Waals surface area (Å²) in [6, 6.07) is 11.7. The third-order valence-electron chi connectivity index (χ3n) is 3.11. The van der Waals surface area contributed by atoms with E-state index in [1.807, 2.05) is 12.1 Å². The van der Waals surface area contributed by atoms with Crippen LogP contribution in [0.2, 0.25) is 0 Å². The second kappa shape index (κ2) is 6.14. The van der Waals surface area contributed by atoms with Crippen LogP contribution in [0.15, 0.2) is 42.6 Å². The molecule has 2 rings (SSSR count). The number of rotatable bonds is 5. The highest BCUT2D eigenvalue weighted by Gasteiger charge is 2.04. The number of hydrogen-bond acceptors (Lipinski definition) is 2. The lowest BCUT2D eigenvalue weighted by molar-refractivity contribution is 0.1000. The molecule has 19 heavy (non-hydrogen) atoms. The molecule has 0 fully saturated rings. The molecule has 2 aromatic rings. The normalized spacial score (nSPS) is 10.4. The Kier molecular flexibility index (Phi) is 4.29. The van der Waals surface area contributed by atoms with E-state index in [0.717, 1.165) is 17.7 Å². The van der Waals surface area contributed by atoms with Crippen LogP contribution in [0.25, 0.3) is 11.3 Å². The largest absolute Gasteiger partial charge is 0.366 e. The molecule has 0 aliphatic heterocycles. The van der Waals surface area contributed by atoms with Crippen LogP contribution in [-0.4, -0.2) is 10.9 Å². The first-order valence-corrected chi connectivity index (χ1v) is 6.56. The molecular formula is C16H18N2O. The van der Waals surface area contributed by atoms with Crippen LogP contribution in [-0.2, 0) is 6.42 Å². The number of nitrogens with zero attached hydrogens (tertiary/aromatic N) is 1. The topological polar surface area (TPSA) is 56.0 Å². The van der Waals surface area contributed by atoms with Crippen LogP contribution in [0.5, 0.6) is 0 Å². The first kappa shape index (κ1) is 13.3. The summed E-state index contributed by atoms with van der Waals surface area (Å²) < 4.78 is 0. The second-order valence-electron chi connectivity index (χ2n) is 4.59. The molecule has 3 heteroatoms. The van der Waals surface area contributed by atoms with Gasteiger partial charge in [-0.3, -0.25) is 9.78 Å². The van der Waals surface area contributed by atoms with Crippen LogP contribution in [0.1, 0.15) is 35.7 Å². The van der Waals surface area contributed by atoms with E-state index in [0.29, 0.717) is 5.56 Å². The maximum atomic E-state index is 11.2. The second-order valence-corrected chi connectivity index (χ2v) is 4.59. The SMILES string of the molecule is CCCCc1ccc(-c2cc(C(N)=O)ccn2)cc1. The molecule has 1 amide bonds. The summed E-state index contributed by atoms with van der Waals surface area (Å²) in [5.41, 5.74) is 8.87. The van der Waals surface area contributed by atoms with Gasteiger partial charge in [-0.2, -0.15) is 0 Å². The molecular weight excluding hydrogens is 236 g/mol. The van der Waals surface area contributed by atoms with Gasteiger partial charge in [0.05, 0.1) is 5.69 Å². The Morgan fingerprint density at radius 2 is 1.95 bits per heavy atom. The first-order valence-electron chi connectivity index (χ1n) is 6.56. The van der Waals surface area contributed by atoms with E-state index >= 15 is 0 Å². The van der Waals surface area contributed by atoms with E-state index in [9.17, 15) is 4.79 Å². The molecule has 0 saturated heterocycles. The number of unbranched alkanes of at least 4 members (excludes halogenated alkanes) is 1. The van der Waals surface area contributed by atoms with Gasteiger partial charge in [-0.25, -0.2) is 0 Å². The quantitative estimate of drug-likeness (QED) is 0.890. The number of hydrogen-bond donors (Lipinski definition) is 1. The zero-order valence-corrected chi connectivity index (χ0v) is 11.1.